The van der Waals surface area contributed by atoms with E-state index in [0.717, 1.165) is 0 Å². The highest BCUT2D eigenvalue weighted by atomic mass is 31.2. The number of hydrogen-bond acceptors (Lipinski definition) is 8. The van der Waals surface area contributed by atoms with Crippen LogP contribution in [0, 0.1) is 5.41 Å². The van der Waals surface area contributed by atoms with Crippen molar-refractivity contribution in [1.82, 2.24) is 0 Å². The molecule has 0 unspecified atom stereocenters. The Bertz CT molecular complexity index is 772. The lowest BCUT2D eigenvalue weighted by molar-refractivity contribution is -0.0853. The second kappa shape index (κ2) is 7.40. The van der Waals surface area contributed by atoms with Crippen LogP contribution in [0.1, 0.15) is 0 Å². The highest BCUT2D eigenvalue weighted by Gasteiger charge is 2.51. The van der Waals surface area contributed by atoms with Crippen molar-refractivity contribution in [3.63, 3.8) is 0 Å². The summed E-state index contributed by atoms with van der Waals surface area (Å²) in [5.74, 6) is 0.766. The molecular weight excluding hydrogens is 394 g/mol. The lowest BCUT2D eigenvalue weighted by Gasteiger charge is -2.41. The summed E-state index contributed by atoms with van der Waals surface area (Å²) in [5, 5.41) is 0. The van der Waals surface area contributed by atoms with Crippen LogP contribution in [-0.2, 0) is 27.2 Å². The molecule has 144 valence electrons. The predicted octanol–water partition coefficient (Wildman–Crippen LogP) is 4.44. The van der Waals surface area contributed by atoms with Gasteiger partial charge in [0.25, 0.3) is 0 Å². The fourth-order valence-electron chi connectivity index (χ4n) is 2.51. The van der Waals surface area contributed by atoms with Crippen molar-refractivity contribution in [2.45, 2.75) is 0 Å². The zero-order valence-corrected chi connectivity index (χ0v) is 16.1. The van der Waals surface area contributed by atoms with Gasteiger partial charge >= 0.3 is 15.6 Å². The maximum Gasteiger partial charge on any atom is 0.530 e. The van der Waals surface area contributed by atoms with E-state index >= 15 is 0 Å². The molecule has 2 heterocycles. The van der Waals surface area contributed by atoms with E-state index in [4.69, 9.17) is 27.1 Å². The van der Waals surface area contributed by atoms with Crippen molar-refractivity contribution in [2.24, 2.45) is 5.41 Å². The van der Waals surface area contributed by atoms with Gasteiger partial charge in [-0.2, -0.15) is 0 Å². The molecule has 0 N–H and O–H groups in total. The lowest BCUT2D eigenvalue weighted by Crippen LogP contribution is -2.46. The average molecular weight is 412 g/mol. The van der Waals surface area contributed by atoms with E-state index in [2.05, 4.69) is 0 Å². The smallest absolute Gasteiger partial charge is 0.404 e. The predicted molar refractivity (Wildman–Crippen MR) is 95.6 cm³/mol. The van der Waals surface area contributed by atoms with E-state index in [-0.39, 0.29) is 26.4 Å². The Morgan fingerprint density at radius 3 is 1.30 bits per heavy atom. The summed E-state index contributed by atoms with van der Waals surface area (Å²) in [7, 11) is -7.45. The van der Waals surface area contributed by atoms with Gasteiger partial charge < -0.3 is 9.05 Å². The number of rotatable bonds is 4. The molecule has 10 heteroatoms. The van der Waals surface area contributed by atoms with Crippen molar-refractivity contribution in [3.05, 3.63) is 60.7 Å². The Hall–Kier alpha value is -1.66. The Labute approximate surface area is 156 Å². The molecule has 2 aliphatic heterocycles. The Morgan fingerprint density at radius 2 is 0.963 bits per heavy atom. The van der Waals surface area contributed by atoms with Crippen molar-refractivity contribution >= 4 is 15.6 Å². The molecular formula is C17H18O8P2. The average Bonchev–Trinajstić information content (AvgIpc) is 2.69. The number of phosphoric acid groups is 2. The minimum Gasteiger partial charge on any atom is -0.404 e. The van der Waals surface area contributed by atoms with Crippen LogP contribution in [0.3, 0.4) is 0 Å². The van der Waals surface area contributed by atoms with Gasteiger partial charge in [-0.1, -0.05) is 36.4 Å². The van der Waals surface area contributed by atoms with Gasteiger partial charge in [0.1, 0.15) is 11.5 Å². The highest BCUT2D eigenvalue weighted by molar-refractivity contribution is 7.49. The van der Waals surface area contributed by atoms with Gasteiger partial charge in [0.15, 0.2) is 0 Å². The maximum absolute atomic E-state index is 12.6. The zero-order valence-electron chi connectivity index (χ0n) is 14.3. The largest absolute Gasteiger partial charge is 0.530 e. The minimum atomic E-state index is -3.73. The van der Waals surface area contributed by atoms with Crippen LogP contribution in [0.4, 0.5) is 0 Å². The number of hydrogen-bond donors (Lipinski definition) is 0. The Balaban J connectivity index is 1.35. The summed E-state index contributed by atoms with van der Waals surface area (Å²) < 4.78 is 57.3. The summed E-state index contributed by atoms with van der Waals surface area (Å²) in [4.78, 5) is 0. The molecule has 0 aromatic heterocycles. The van der Waals surface area contributed by atoms with Crippen molar-refractivity contribution in [3.8, 4) is 11.5 Å². The molecule has 0 radical (unpaired) electrons. The van der Waals surface area contributed by atoms with E-state index in [1.165, 1.54) is 0 Å². The van der Waals surface area contributed by atoms with E-state index in [9.17, 15) is 9.13 Å². The first-order chi connectivity index (χ1) is 13.0. The van der Waals surface area contributed by atoms with Crippen LogP contribution < -0.4 is 9.05 Å². The maximum atomic E-state index is 12.6. The fraction of sp³-hybridized carbons (Fsp3) is 0.294. The third-order valence-electron chi connectivity index (χ3n) is 4.04. The monoisotopic (exact) mass is 412 g/mol. The van der Waals surface area contributed by atoms with Gasteiger partial charge in [0, 0.05) is 0 Å². The van der Waals surface area contributed by atoms with Crippen LogP contribution in [0.15, 0.2) is 60.7 Å². The molecule has 0 bridgehead atoms. The van der Waals surface area contributed by atoms with E-state index in [1.807, 2.05) is 12.1 Å². The summed E-state index contributed by atoms with van der Waals surface area (Å²) in [6, 6.07) is 17.2. The van der Waals surface area contributed by atoms with Gasteiger partial charge in [0.05, 0.1) is 31.8 Å². The van der Waals surface area contributed by atoms with Crippen molar-refractivity contribution < 1.29 is 36.3 Å². The topological polar surface area (TPSA) is 89.5 Å². The van der Waals surface area contributed by atoms with Crippen LogP contribution in [0.2, 0.25) is 0 Å². The van der Waals surface area contributed by atoms with Crippen LogP contribution in [-0.4, -0.2) is 26.4 Å². The molecule has 1 spiro atoms. The Morgan fingerprint density at radius 1 is 0.630 bits per heavy atom. The summed E-state index contributed by atoms with van der Waals surface area (Å²) in [6.07, 6.45) is 0. The van der Waals surface area contributed by atoms with Crippen LogP contribution >= 0.6 is 15.6 Å². The van der Waals surface area contributed by atoms with Gasteiger partial charge in [-0.05, 0) is 24.3 Å². The van der Waals surface area contributed by atoms with Gasteiger partial charge in [0.2, 0.25) is 0 Å². The number of phosphoric ester groups is 2. The SMILES string of the molecule is O=P1(Oc2ccccc2)OCC2(CO1)COP(=O)(Oc1ccccc1)OC2. The van der Waals surface area contributed by atoms with Crippen molar-refractivity contribution in [1.29, 1.82) is 0 Å². The molecule has 2 saturated heterocycles. The molecule has 27 heavy (non-hydrogen) atoms. The number of para-hydroxylation sites is 2. The molecule has 2 aromatic carbocycles. The molecule has 2 aliphatic rings. The third kappa shape index (κ3) is 4.43. The van der Waals surface area contributed by atoms with Crippen LogP contribution in [0.25, 0.3) is 0 Å². The molecule has 0 saturated carbocycles. The molecule has 4 rings (SSSR count). The first-order valence-electron chi connectivity index (χ1n) is 8.26. The summed E-state index contributed by atoms with van der Waals surface area (Å²) in [5.41, 5.74) is -0.734. The highest BCUT2D eigenvalue weighted by Crippen LogP contribution is 2.59. The quantitative estimate of drug-likeness (QED) is 0.681. The molecule has 2 fully saturated rings. The molecule has 0 amide bonds. The van der Waals surface area contributed by atoms with Gasteiger partial charge in [-0.25, -0.2) is 9.13 Å². The molecule has 2 aromatic rings. The molecule has 0 aliphatic carbocycles. The minimum absolute atomic E-state index is 0.0163. The fourth-order valence-corrected chi connectivity index (χ4v) is 5.36. The second-order valence-corrected chi connectivity index (χ2v) is 9.48. The van der Waals surface area contributed by atoms with Gasteiger partial charge in [-0.3, -0.25) is 18.1 Å². The van der Waals surface area contributed by atoms with Crippen LogP contribution in [0.5, 0.6) is 11.5 Å². The first-order valence-corrected chi connectivity index (χ1v) is 11.2. The second-order valence-electron chi connectivity index (χ2n) is 6.30. The van der Waals surface area contributed by atoms with Crippen molar-refractivity contribution in [2.75, 3.05) is 26.4 Å². The van der Waals surface area contributed by atoms with Gasteiger partial charge in [-0.15, -0.1) is 0 Å². The zero-order chi connectivity index (χ0) is 18.8. The Kier molecular flexibility index (Phi) is 5.12. The molecule has 8 nitrogen and oxygen atoms in total. The number of benzene rings is 2. The molecule has 0 atom stereocenters. The van der Waals surface area contributed by atoms with E-state index in [0.29, 0.717) is 11.5 Å². The normalized spacial score (nSPS) is 33.5. The standard InChI is InChI=1S/C17H18O8P2/c18-26(24-15-7-3-1-4-8-15)20-11-17(12-21-26)13-22-27(19,23-14-17)25-16-9-5-2-6-10-16/h1-10H,11-14H2. The third-order valence-corrected chi connectivity index (χ3v) is 6.69. The van der Waals surface area contributed by atoms with E-state index in [1.54, 1.807) is 48.5 Å². The summed E-state index contributed by atoms with van der Waals surface area (Å²) >= 11 is 0. The van der Waals surface area contributed by atoms with E-state index < -0.39 is 21.1 Å². The summed E-state index contributed by atoms with van der Waals surface area (Å²) in [6.45, 7) is 0.0653. The lowest BCUT2D eigenvalue weighted by atomic mass is 9.93. The first kappa shape index (κ1) is 18.7.